The minimum atomic E-state index is -0.0891. The molecule has 6 nitrogen and oxygen atoms in total. The Hall–Kier alpha value is -3.41. The number of rotatable bonds is 8. The summed E-state index contributed by atoms with van der Waals surface area (Å²) in [5.41, 5.74) is 2.62. The Bertz CT molecular complexity index is 941. The van der Waals surface area contributed by atoms with E-state index in [9.17, 15) is 4.79 Å². The molecule has 0 bridgehead atoms. The fraction of sp³-hybridized carbons (Fsp3) is 0.261. The predicted octanol–water partition coefficient (Wildman–Crippen LogP) is 5.08. The molecule has 0 aliphatic rings. The van der Waals surface area contributed by atoms with Crippen molar-refractivity contribution in [2.75, 3.05) is 29.1 Å². The third-order valence-electron chi connectivity index (χ3n) is 4.46. The van der Waals surface area contributed by atoms with E-state index in [2.05, 4.69) is 29.5 Å². The first-order chi connectivity index (χ1) is 14.0. The lowest BCUT2D eigenvalue weighted by atomic mass is 10.2. The number of hydrogen-bond acceptors (Lipinski definition) is 5. The van der Waals surface area contributed by atoms with Crippen molar-refractivity contribution < 1.29 is 4.79 Å². The maximum Gasteiger partial charge on any atom is 0.221 e. The Kier molecular flexibility index (Phi) is 6.79. The zero-order chi connectivity index (χ0) is 20.6. The molecule has 0 spiro atoms. The number of nitrogens with one attached hydrogen (secondary N) is 2. The second-order valence-corrected chi connectivity index (χ2v) is 6.96. The summed E-state index contributed by atoms with van der Waals surface area (Å²) < 4.78 is 0. The van der Waals surface area contributed by atoms with E-state index in [0.717, 1.165) is 48.0 Å². The molecule has 0 aliphatic heterocycles. The highest BCUT2D eigenvalue weighted by Gasteiger charge is 2.10. The van der Waals surface area contributed by atoms with Crippen LogP contribution < -0.4 is 15.5 Å². The van der Waals surface area contributed by atoms with E-state index in [1.54, 1.807) is 0 Å². The van der Waals surface area contributed by atoms with E-state index in [1.807, 2.05) is 60.7 Å². The van der Waals surface area contributed by atoms with E-state index < -0.39 is 0 Å². The van der Waals surface area contributed by atoms with Crippen LogP contribution in [0.4, 0.5) is 23.0 Å². The molecule has 29 heavy (non-hydrogen) atoms. The Morgan fingerprint density at radius 3 is 2.34 bits per heavy atom. The van der Waals surface area contributed by atoms with E-state index in [4.69, 9.17) is 9.97 Å². The fourth-order valence-electron chi connectivity index (χ4n) is 2.91. The number of carbonyl (C=O) groups is 1. The molecule has 0 atom stereocenters. The Morgan fingerprint density at radius 2 is 1.69 bits per heavy atom. The average Bonchev–Trinajstić information content (AvgIpc) is 2.73. The highest BCUT2D eigenvalue weighted by molar-refractivity contribution is 5.88. The van der Waals surface area contributed by atoms with Gasteiger partial charge in [-0.3, -0.25) is 4.79 Å². The van der Waals surface area contributed by atoms with Crippen LogP contribution in [0.1, 0.15) is 26.7 Å². The van der Waals surface area contributed by atoms with Gasteiger partial charge in [0.1, 0.15) is 11.6 Å². The molecule has 1 heterocycles. The smallest absolute Gasteiger partial charge is 0.221 e. The van der Waals surface area contributed by atoms with Crippen LogP contribution in [-0.4, -0.2) is 29.5 Å². The molecule has 6 heteroatoms. The molecule has 0 radical (unpaired) electrons. The maximum atomic E-state index is 11.2. The summed E-state index contributed by atoms with van der Waals surface area (Å²) in [6.45, 7) is 4.61. The molecule has 150 valence electrons. The van der Waals surface area contributed by atoms with Crippen LogP contribution >= 0.6 is 0 Å². The molecule has 0 aliphatic carbocycles. The second-order valence-electron chi connectivity index (χ2n) is 6.96. The number of anilines is 4. The molecule has 3 rings (SSSR count). The zero-order valence-corrected chi connectivity index (χ0v) is 17.1. The van der Waals surface area contributed by atoms with Crippen molar-refractivity contribution in [2.24, 2.45) is 0 Å². The average molecular weight is 390 g/mol. The SMILES string of the molecule is CCCCN(C)c1cc(Nc2ccc(NC(C)=O)cc2)nc(-c2ccccc2)n1. The van der Waals surface area contributed by atoms with Gasteiger partial charge in [-0.25, -0.2) is 9.97 Å². The Labute approximate surface area is 172 Å². The van der Waals surface area contributed by atoms with Crippen molar-refractivity contribution in [1.29, 1.82) is 0 Å². The molecule has 0 fully saturated rings. The summed E-state index contributed by atoms with van der Waals surface area (Å²) in [5, 5.41) is 6.13. The minimum Gasteiger partial charge on any atom is -0.359 e. The van der Waals surface area contributed by atoms with Gasteiger partial charge >= 0.3 is 0 Å². The molecule has 1 aromatic heterocycles. The number of nitrogens with zero attached hydrogens (tertiary/aromatic N) is 3. The first-order valence-electron chi connectivity index (χ1n) is 9.85. The van der Waals surface area contributed by atoms with Crippen molar-refractivity contribution in [2.45, 2.75) is 26.7 Å². The van der Waals surface area contributed by atoms with Crippen LogP contribution in [0.25, 0.3) is 11.4 Å². The lowest BCUT2D eigenvalue weighted by Gasteiger charge is -2.19. The second kappa shape index (κ2) is 9.68. The number of benzene rings is 2. The van der Waals surface area contributed by atoms with Gasteiger partial charge in [-0.15, -0.1) is 0 Å². The first-order valence-corrected chi connectivity index (χ1v) is 9.85. The molecular formula is C23H27N5O. The molecule has 2 N–H and O–H groups in total. The highest BCUT2D eigenvalue weighted by atomic mass is 16.1. The van der Waals surface area contributed by atoms with Gasteiger partial charge in [0.2, 0.25) is 5.91 Å². The molecule has 0 saturated heterocycles. The molecular weight excluding hydrogens is 362 g/mol. The Balaban J connectivity index is 1.89. The number of carbonyl (C=O) groups excluding carboxylic acids is 1. The molecule has 0 saturated carbocycles. The van der Waals surface area contributed by atoms with Crippen molar-refractivity contribution in [3.05, 3.63) is 60.7 Å². The number of unbranched alkanes of at least 4 members (excludes halogenated alkanes) is 1. The summed E-state index contributed by atoms with van der Waals surface area (Å²) in [6, 6.07) is 19.5. The molecule has 1 amide bonds. The van der Waals surface area contributed by atoms with Crippen molar-refractivity contribution in [3.63, 3.8) is 0 Å². The third kappa shape index (κ3) is 5.78. The highest BCUT2D eigenvalue weighted by Crippen LogP contribution is 2.25. The summed E-state index contributed by atoms with van der Waals surface area (Å²) in [4.78, 5) is 22.8. The van der Waals surface area contributed by atoms with Crippen molar-refractivity contribution >= 4 is 28.9 Å². The topological polar surface area (TPSA) is 70.2 Å². The largest absolute Gasteiger partial charge is 0.359 e. The fourth-order valence-corrected chi connectivity index (χ4v) is 2.91. The first kappa shape index (κ1) is 20.3. The lowest BCUT2D eigenvalue weighted by Crippen LogP contribution is -2.20. The van der Waals surface area contributed by atoms with E-state index in [0.29, 0.717) is 5.82 Å². The summed E-state index contributed by atoms with van der Waals surface area (Å²) in [6.07, 6.45) is 2.24. The van der Waals surface area contributed by atoms with Gasteiger partial charge in [-0.2, -0.15) is 0 Å². The van der Waals surface area contributed by atoms with Crippen LogP contribution in [0.2, 0.25) is 0 Å². The Morgan fingerprint density at radius 1 is 1.00 bits per heavy atom. The summed E-state index contributed by atoms with van der Waals surface area (Å²) in [7, 11) is 2.05. The van der Waals surface area contributed by atoms with Crippen molar-refractivity contribution in [1.82, 2.24) is 9.97 Å². The monoisotopic (exact) mass is 389 g/mol. The van der Waals surface area contributed by atoms with Gasteiger partial charge in [-0.05, 0) is 30.7 Å². The van der Waals surface area contributed by atoms with Gasteiger partial charge in [-0.1, -0.05) is 43.7 Å². The number of aromatic nitrogens is 2. The van der Waals surface area contributed by atoms with Gasteiger partial charge in [0.15, 0.2) is 5.82 Å². The maximum absolute atomic E-state index is 11.2. The predicted molar refractivity (Wildman–Crippen MR) is 120 cm³/mol. The number of amides is 1. The van der Waals surface area contributed by atoms with Crippen LogP contribution in [0.5, 0.6) is 0 Å². The standard InChI is InChI=1S/C23H27N5O/c1-4-5-15-28(3)22-16-21(26-23(27-22)18-9-7-6-8-10-18)25-20-13-11-19(12-14-20)24-17(2)29/h6-14,16H,4-5,15H2,1-3H3,(H,24,29)(H,25,26,27). The van der Waals surface area contributed by atoms with E-state index in [-0.39, 0.29) is 5.91 Å². The lowest BCUT2D eigenvalue weighted by molar-refractivity contribution is -0.114. The van der Waals surface area contributed by atoms with E-state index in [1.165, 1.54) is 6.92 Å². The molecule has 2 aromatic carbocycles. The van der Waals surface area contributed by atoms with Crippen LogP contribution in [0.15, 0.2) is 60.7 Å². The van der Waals surface area contributed by atoms with Gasteiger partial charge < -0.3 is 15.5 Å². The van der Waals surface area contributed by atoms with Gasteiger partial charge in [0.25, 0.3) is 0 Å². The minimum absolute atomic E-state index is 0.0891. The van der Waals surface area contributed by atoms with Crippen molar-refractivity contribution in [3.8, 4) is 11.4 Å². The summed E-state index contributed by atoms with van der Waals surface area (Å²) >= 11 is 0. The molecule has 0 unspecified atom stereocenters. The molecule has 3 aromatic rings. The van der Waals surface area contributed by atoms with E-state index >= 15 is 0 Å². The van der Waals surface area contributed by atoms with Gasteiger partial charge in [0, 0.05) is 43.5 Å². The summed E-state index contributed by atoms with van der Waals surface area (Å²) in [5.74, 6) is 2.20. The van der Waals surface area contributed by atoms with Crippen LogP contribution in [-0.2, 0) is 4.79 Å². The quantitative estimate of drug-likeness (QED) is 0.562. The van der Waals surface area contributed by atoms with Crippen LogP contribution in [0.3, 0.4) is 0 Å². The number of hydrogen-bond donors (Lipinski definition) is 2. The normalized spacial score (nSPS) is 10.4. The van der Waals surface area contributed by atoms with Gasteiger partial charge in [0.05, 0.1) is 0 Å². The third-order valence-corrected chi connectivity index (χ3v) is 4.46. The van der Waals surface area contributed by atoms with Crippen LogP contribution in [0, 0.1) is 0 Å². The zero-order valence-electron chi connectivity index (χ0n) is 17.1.